The summed E-state index contributed by atoms with van der Waals surface area (Å²) in [5.41, 5.74) is 13.8. The molecule has 1 aliphatic rings. The number of benzene rings is 10. The van der Waals surface area contributed by atoms with Gasteiger partial charge in [0, 0.05) is 38.9 Å². The number of hydrogen-bond donors (Lipinski definition) is 0. The minimum atomic E-state index is -0.250. The molecule has 58 heavy (non-hydrogen) atoms. The van der Waals surface area contributed by atoms with Gasteiger partial charge in [-0.25, -0.2) is 4.39 Å². The SMILES string of the molecule is CC1(C)c2ccccc2-c2ccc(N(c3ccc(F)cc3)c3ccc(-c4ccc5c(c4)c4c6ccc7cccc8ccc(cc4n5-c4ccccc4)c6c87)cc3)cc21. The van der Waals surface area contributed by atoms with Crippen LogP contribution in [0.15, 0.2) is 188 Å². The first-order chi connectivity index (χ1) is 28.4. The molecule has 0 fully saturated rings. The molecule has 274 valence electrons. The number of halogens is 1. The zero-order valence-corrected chi connectivity index (χ0v) is 32.2. The summed E-state index contributed by atoms with van der Waals surface area (Å²) in [4.78, 5) is 2.24. The second-order valence-corrected chi connectivity index (χ2v) is 16.3. The summed E-state index contributed by atoms with van der Waals surface area (Å²) in [7, 11) is 0. The van der Waals surface area contributed by atoms with E-state index >= 15 is 0 Å². The van der Waals surface area contributed by atoms with Gasteiger partial charge in [-0.2, -0.15) is 0 Å². The van der Waals surface area contributed by atoms with Crippen LogP contribution in [0.5, 0.6) is 0 Å². The van der Waals surface area contributed by atoms with Crippen LogP contribution in [0, 0.1) is 5.82 Å². The Morgan fingerprint density at radius 1 is 0.431 bits per heavy atom. The van der Waals surface area contributed by atoms with Crippen molar-refractivity contribution < 1.29 is 4.39 Å². The third-order valence-electron chi connectivity index (χ3n) is 12.8. The molecule has 1 aliphatic carbocycles. The Morgan fingerprint density at radius 2 is 1.09 bits per heavy atom. The molecule has 0 amide bonds. The maximum absolute atomic E-state index is 14.3. The summed E-state index contributed by atoms with van der Waals surface area (Å²) in [5, 5.41) is 10.2. The van der Waals surface area contributed by atoms with Gasteiger partial charge in [0.2, 0.25) is 0 Å². The van der Waals surface area contributed by atoms with E-state index in [2.05, 4.69) is 187 Å². The lowest BCUT2D eigenvalue weighted by atomic mass is 9.82. The van der Waals surface area contributed by atoms with Gasteiger partial charge in [0.15, 0.2) is 0 Å². The van der Waals surface area contributed by atoms with E-state index in [4.69, 9.17) is 0 Å². The molecule has 3 heteroatoms. The van der Waals surface area contributed by atoms with Crippen LogP contribution in [0.25, 0.3) is 82.1 Å². The van der Waals surface area contributed by atoms with Crippen molar-refractivity contribution in [3.05, 3.63) is 205 Å². The Kier molecular flexibility index (Phi) is 6.90. The lowest BCUT2D eigenvalue weighted by Gasteiger charge is -2.28. The molecule has 0 N–H and O–H groups in total. The molecule has 0 atom stereocenters. The Bertz CT molecular complexity index is 3400. The second kappa shape index (κ2) is 12.1. The van der Waals surface area contributed by atoms with Crippen molar-refractivity contribution in [2.24, 2.45) is 0 Å². The van der Waals surface area contributed by atoms with Gasteiger partial charge in [-0.15, -0.1) is 0 Å². The van der Waals surface area contributed by atoms with Crippen LogP contribution in [0.1, 0.15) is 25.0 Å². The van der Waals surface area contributed by atoms with Crippen molar-refractivity contribution in [1.82, 2.24) is 4.57 Å². The number of anilines is 3. The monoisotopic (exact) mass is 744 g/mol. The Labute approximate surface area is 336 Å². The standard InChI is InChI=1S/C55H37FN2/c1-55(2)48-14-7-6-13-44(48)45-29-27-43(33-49(45)55)57(42-25-21-39(56)22-26-42)41-23-17-34(18-24-41)37-20-30-50-47(31-37)54-46-28-19-36-10-8-9-35-15-16-38(53(46)52(35)36)32-51(54)58(50)40-11-4-3-5-12-40/h3-33H,1-2H3. The van der Waals surface area contributed by atoms with Crippen molar-refractivity contribution in [2.75, 3.05) is 4.90 Å². The molecule has 10 aromatic carbocycles. The zero-order chi connectivity index (χ0) is 38.7. The number of nitrogens with zero attached hydrogens (tertiary/aromatic N) is 2. The first kappa shape index (κ1) is 33.0. The first-order valence-corrected chi connectivity index (χ1v) is 20.0. The van der Waals surface area contributed by atoms with Gasteiger partial charge in [0.05, 0.1) is 11.0 Å². The molecule has 11 aromatic rings. The van der Waals surface area contributed by atoms with E-state index in [-0.39, 0.29) is 11.2 Å². The topological polar surface area (TPSA) is 8.17 Å². The van der Waals surface area contributed by atoms with E-state index in [1.807, 2.05) is 12.1 Å². The highest BCUT2D eigenvalue weighted by atomic mass is 19.1. The summed E-state index contributed by atoms with van der Waals surface area (Å²) >= 11 is 0. The molecule has 1 aromatic heterocycles. The number of para-hydroxylation sites is 1. The van der Waals surface area contributed by atoms with Crippen LogP contribution in [-0.2, 0) is 5.41 Å². The summed E-state index contributed by atoms with van der Waals surface area (Å²) in [6.07, 6.45) is 0. The average Bonchev–Trinajstić information content (AvgIpc) is 3.71. The predicted octanol–water partition coefficient (Wildman–Crippen LogP) is 15.3. The van der Waals surface area contributed by atoms with E-state index in [9.17, 15) is 4.39 Å². The van der Waals surface area contributed by atoms with Crippen molar-refractivity contribution in [3.63, 3.8) is 0 Å². The Balaban J connectivity index is 1.02. The van der Waals surface area contributed by atoms with E-state index in [1.54, 1.807) is 12.1 Å². The van der Waals surface area contributed by atoms with Gasteiger partial charge in [-0.3, -0.25) is 0 Å². The van der Waals surface area contributed by atoms with E-state index in [0.717, 1.165) is 33.9 Å². The molecule has 0 saturated carbocycles. The quantitative estimate of drug-likeness (QED) is 0.159. The van der Waals surface area contributed by atoms with Crippen LogP contribution < -0.4 is 4.90 Å². The Morgan fingerprint density at radius 3 is 1.88 bits per heavy atom. The van der Waals surface area contributed by atoms with Gasteiger partial charge in [-0.1, -0.05) is 123 Å². The van der Waals surface area contributed by atoms with Crippen LogP contribution in [0.4, 0.5) is 21.5 Å². The molecule has 0 unspecified atom stereocenters. The summed E-state index contributed by atoms with van der Waals surface area (Å²) in [6, 6.07) is 66.9. The fourth-order valence-corrected chi connectivity index (χ4v) is 10.0. The maximum atomic E-state index is 14.3. The highest BCUT2D eigenvalue weighted by Crippen LogP contribution is 2.51. The van der Waals surface area contributed by atoms with Crippen LogP contribution in [0.3, 0.4) is 0 Å². The van der Waals surface area contributed by atoms with Crippen LogP contribution in [0.2, 0.25) is 0 Å². The van der Waals surface area contributed by atoms with Gasteiger partial charge in [-0.05, 0) is 145 Å². The molecule has 0 aliphatic heterocycles. The minimum Gasteiger partial charge on any atom is -0.310 e. The summed E-state index contributed by atoms with van der Waals surface area (Å²) < 4.78 is 16.7. The fourth-order valence-electron chi connectivity index (χ4n) is 10.0. The number of rotatable bonds is 5. The molecule has 0 bridgehead atoms. The van der Waals surface area contributed by atoms with Gasteiger partial charge in [0.25, 0.3) is 0 Å². The fraction of sp³-hybridized carbons (Fsp3) is 0.0545. The van der Waals surface area contributed by atoms with Crippen molar-refractivity contribution >= 4 is 71.2 Å². The zero-order valence-electron chi connectivity index (χ0n) is 32.2. The molecule has 2 nitrogen and oxygen atoms in total. The van der Waals surface area contributed by atoms with Gasteiger partial charge < -0.3 is 9.47 Å². The summed E-state index contributed by atoms with van der Waals surface area (Å²) in [5.74, 6) is -0.250. The van der Waals surface area contributed by atoms with E-state index < -0.39 is 0 Å². The van der Waals surface area contributed by atoms with Crippen molar-refractivity contribution in [3.8, 4) is 27.9 Å². The number of aromatic nitrogens is 1. The molecule has 12 rings (SSSR count). The largest absolute Gasteiger partial charge is 0.310 e. The first-order valence-electron chi connectivity index (χ1n) is 20.0. The Hall–Kier alpha value is -7.23. The van der Waals surface area contributed by atoms with E-state index in [1.165, 1.54) is 76.4 Å². The third-order valence-corrected chi connectivity index (χ3v) is 12.8. The van der Waals surface area contributed by atoms with Crippen LogP contribution in [-0.4, -0.2) is 4.57 Å². The van der Waals surface area contributed by atoms with Gasteiger partial charge in [0.1, 0.15) is 5.82 Å². The smallest absolute Gasteiger partial charge is 0.123 e. The molecule has 0 saturated heterocycles. The number of fused-ring (bicyclic) bond motifs is 7. The normalized spacial score (nSPS) is 13.2. The highest BCUT2D eigenvalue weighted by Gasteiger charge is 2.35. The van der Waals surface area contributed by atoms with Gasteiger partial charge >= 0.3 is 0 Å². The van der Waals surface area contributed by atoms with Crippen molar-refractivity contribution in [2.45, 2.75) is 19.3 Å². The maximum Gasteiger partial charge on any atom is 0.123 e. The van der Waals surface area contributed by atoms with E-state index in [0.29, 0.717) is 0 Å². The highest BCUT2D eigenvalue weighted by molar-refractivity contribution is 6.33. The molecule has 0 spiro atoms. The van der Waals surface area contributed by atoms with Crippen LogP contribution >= 0.6 is 0 Å². The average molecular weight is 745 g/mol. The summed E-state index contributed by atoms with van der Waals surface area (Å²) in [6.45, 7) is 4.61. The third kappa shape index (κ3) is 4.71. The van der Waals surface area contributed by atoms with Crippen molar-refractivity contribution in [1.29, 1.82) is 0 Å². The molecule has 1 heterocycles. The lowest BCUT2D eigenvalue weighted by molar-refractivity contribution is 0.628. The molecule has 0 radical (unpaired) electrons. The number of hydrogen-bond acceptors (Lipinski definition) is 1. The minimum absolute atomic E-state index is 0.140. The predicted molar refractivity (Wildman–Crippen MR) is 242 cm³/mol. The molecular formula is C55H37FN2. The lowest BCUT2D eigenvalue weighted by Crippen LogP contribution is -2.16. The second-order valence-electron chi connectivity index (χ2n) is 16.3. The molecular weight excluding hydrogens is 708 g/mol.